The molecule has 3 aromatic rings. The Hall–Kier alpha value is -3.08. The van der Waals surface area contributed by atoms with Gasteiger partial charge in [0, 0.05) is 24.6 Å². The van der Waals surface area contributed by atoms with Crippen molar-refractivity contribution in [1.82, 2.24) is 15.1 Å². The van der Waals surface area contributed by atoms with Crippen LogP contribution in [0.15, 0.2) is 60.7 Å². The zero-order chi connectivity index (χ0) is 19.3. The van der Waals surface area contributed by atoms with Crippen molar-refractivity contribution in [2.24, 2.45) is 0 Å². The van der Waals surface area contributed by atoms with E-state index in [0.29, 0.717) is 11.6 Å². The highest BCUT2D eigenvalue weighted by Crippen LogP contribution is 2.30. The highest BCUT2D eigenvalue weighted by Gasteiger charge is 2.25. The molecule has 0 saturated carbocycles. The fourth-order valence-corrected chi connectivity index (χ4v) is 3.92. The van der Waals surface area contributed by atoms with Crippen molar-refractivity contribution in [3.63, 3.8) is 0 Å². The van der Waals surface area contributed by atoms with Gasteiger partial charge < -0.3 is 9.64 Å². The van der Waals surface area contributed by atoms with Gasteiger partial charge in [-0.05, 0) is 36.6 Å². The maximum Gasteiger partial charge on any atom is 0.271 e. The predicted molar refractivity (Wildman–Crippen MR) is 110 cm³/mol. The van der Waals surface area contributed by atoms with E-state index in [2.05, 4.69) is 34.5 Å². The van der Waals surface area contributed by atoms with E-state index in [1.54, 1.807) is 7.11 Å². The van der Waals surface area contributed by atoms with Gasteiger partial charge in [-0.25, -0.2) is 0 Å². The van der Waals surface area contributed by atoms with E-state index < -0.39 is 0 Å². The molecular formula is C23H25N3O2. The number of methoxy groups -OCH3 is 1. The average molecular weight is 375 g/mol. The first-order chi connectivity index (χ1) is 13.8. The summed E-state index contributed by atoms with van der Waals surface area (Å²) >= 11 is 0. The average Bonchev–Trinajstić information content (AvgIpc) is 3.11. The summed E-state index contributed by atoms with van der Waals surface area (Å²) in [5.41, 5.74) is 3.42. The van der Waals surface area contributed by atoms with Crippen molar-refractivity contribution in [3.05, 3.63) is 71.9 Å². The van der Waals surface area contributed by atoms with E-state index >= 15 is 0 Å². The van der Waals surface area contributed by atoms with Crippen molar-refractivity contribution in [2.45, 2.75) is 25.2 Å². The number of benzene rings is 2. The number of nitrogens with zero attached hydrogens (tertiary/aromatic N) is 2. The second kappa shape index (κ2) is 8.30. The number of rotatable bonds is 4. The summed E-state index contributed by atoms with van der Waals surface area (Å²) in [6.07, 6.45) is 3.28. The molecular weight excluding hydrogens is 350 g/mol. The van der Waals surface area contributed by atoms with Crippen LogP contribution in [0.3, 0.4) is 0 Å². The van der Waals surface area contributed by atoms with Crippen LogP contribution in [-0.4, -0.2) is 41.2 Å². The van der Waals surface area contributed by atoms with Gasteiger partial charge in [-0.15, -0.1) is 0 Å². The molecule has 4 rings (SSSR count). The first-order valence-electron chi connectivity index (χ1n) is 9.79. The van der Waals surface area contributed by atoms with E-state index in [1.807, 2.05) is 41.3 Å². The summed E-state index contributed by atoms with van der Waals surface area (Å²) in [6, 6.07) is 20.0. The van der Waals surface area contributed by atoms with Gasteiger partial charge in [0.1, 0.15) is 11.4 Å². The molecule has 1 aliphatic rings. The maximum absolute atomic E-state index is 13.2. The lowest BCUT2D eigenvalue weighted by Gasteiger charge is -2.24. The molecule has 1 aromatic heterocycles. The monoisotopic (exact) mass is 375 g/mol. The summed E-state index contributed by atoms with van der Waals surface area (Å²) in [5, 5.41) is 7.29. The van der Waals surface area contributed by atoms with Crippen molar-refractivity contribution in [1.29, 1.82) is 0 Å². The van der Waals surface area contributed by atoms with E-state index in [-0.39, 0.29) is 5.91 Å². The second-order valence-electron chi connectivity index (χ2n) is 7.22. The molecule has 1 amide bonds. The molecule has 5 nitrogen and oxygen atoms in total. The number of carbonyl (C=O) groups excluding carboxylic acids is 1. The molecule has 0 radical (unpaired) electrons. The summed E-state index contributed by atoms with van der Waals surface area (Å²) in [6.45, 7) is 1.52. The molecule has 1 N–H and O–H groups in total. The normalized spacial score (nSPS) is 17.2. The molecule has 0 bridgehead atoms. The number of hydrogen-bond donors (Lipinski definition) is 1. The van der Waals surface area contributed by atoms with Gasteiger partial charge >= 0.3 is 0 Å². The molecule has 1 saturated heterocycles. The molecule has 1 atom stereocenters. The van der Waals surface area contributed by atoms with Gasteiger partial charge in [-0.3, -0.25) is 9.89 Å². The first-order valence-corrected chi connectivity index (χ1v) is 9.79. The molecule has 2 heterocycles. The van der Waals surface area contributed by atoms with Gasteiger partial charge in [-0.1, -0.05) is 48.9 Å². The van der Waals surface area contributed by atoms with E-state index in [1.165, 1.54) is 5.56 Å². The van der Waals surface area contributed by atoms with Crippen LogP contribution < -0.4 is 4.74 Å². The van der Waals surface area contributed by atoms with E-state index in [0.717, 1.165) is 49.4 Å². The van der Waals surface area contributed by atoms with Crippen molar-refractivity contribution in [3.8, 4) is 17.0 Å². The molecule has 0 spiro atoms. The Kier molecular flexibility index (Phi) is 5.42. The third kappa shape index (κ3) is 3.79. The van der Waals surface area contributed by atoms with Crippen LogP contribution in [0, 0.1) is 0 Å². The molecule has 28 heavy (non-hydrogen) atoms. The second-order valence-corrected chi connectivity index (χ2v) is 7.22. The Bertz CT molecular complexity index is 936. The van der Waals surface area contributed by atoms with E-state index in [4.69, 9.17) is 4.74 Å². The molecule has 5 heteroatoms. The summed E-state index contributed by atoms with van der Waals surface area (Å²) in [5.74, 6) is 1.13. The lowest BCUT2D eigenvalue weighted by atomic mass is 9.94. The van der Waals surface area contributed by atoms with Crippen molar-refractivity contribution >= 4 is 5.91 Å². The third-order valence-electron chi connectivity index (χ3n) is 5.42. The molecule has 1 fully saturated rings. The van der Waals surface area contributed by atoms with Gasteiger partial charge in [-0.2, -0.15) is 5.10 Å². The number of amides is 1. The lowest BCUT2D eigenvalue weighted by molar-refractivity contribution is 0.0748. The third-order valence-corrected chi connectivity index (χ3v) is 5.42. The van der Waals surface area contributed by atoms with Gasteiger partial charge in [0.2, 0.25) is 0 Å². The fraction of sp³-hybridized carbons (Fsp3) is 0.304. The highest BCUT2D eigenvalue weighted by atomic mass is 16.5. The fourth-order valence-electron chi connectivity index (χ4n) is 3.92. The topological polar surface area (TPSA) is 58.2 Å². The lowest BCUT2D eigenvalue weighted by Crippen LogP contribution is -2.34. The van der Waals surface area contributed by atoms with Crippen molar-refractivity contribution in [2.75, 3.05) is 20.2 Å². The number of nitrogens with one attached hydrogen (secondary N) is 1. The zero-order valence-electron chi connectivity index (χ0n) is 16.1. The number of para-hydroxylation sites is 1. The summed E-state index contributed by atoms with van der Waals surface area (Å²) in [4.78, 5) is 15.1. The molecule has 1 unspecified atom stereocenters. The Morgan fingerprint density at radius 3 is 2.71 bits per heavy atom. The van der Waals surface area contributed by atoms with Crippen LogP contribution in [0.1, 0.15) is 41.2 Å². The maximum atomic E-state index is 13.2. The van der Waals surface area contributed by atoms with Gasteiger partial charge in [0.05, 0.1) is 12.8 Å². The van der Waals surface area contributed by atoms with Crippen LogP contribution in [0.2, 0.25) is 0 Å². The number of likely N-dealkylation sites (tertiary alicyclic amines) is 1. The van der Waals surface area contributed by atoms with Crippen LogP contribution in [-0.2, 0) is 0 Å². The largest absolute Gasteiger partial charge is 0.496 e. The number of H-pyrrole nitrogens is 1. The minimum atomic E-state index is 0.0106. The highest BCUT2D eigenvalue weighted by molar-refractivity contribution is 5.93. The summed E-state index contributed by atoms with van der Waals surface area (Å²) < 4.78 is 5.42. The molecule has 144 valence electrons. The van der Waals surface area contributed by atoms with Gasteiger partial charge in [0.25, 0.3) is 5.91 Å². The molecule has 1 aliphatic heterocycles. The van der Waals surface area contributed by atoms with Gasteiger partial charge in [0.15, 0.2) is 0 Å². The van der Waals surface area contributed by atoms with Crippen LogP contribution in [0.25, 0.3) is 11.3 Å². The zero-order valence-corrected chi connectivity index (χ0v) is 16.1. The Labute approximate surface area is 165 Å². The number of carbonyl (C=O) groups is 1. The number of hydrogen-bond acceptors (Lipinski definition) is 3. The molecule has 0 aliphatic carbocycles. The number of aromatic nitrogens is 2. The van der Waals surface area contributed by atoms with Crippen LogP contribution in [0.4, 0.5) is 0 Å². The van der Waals surface area contributed by atoms with E-state index in [9.17, 15) is 4.79 Å². The van der Waals surface area contributed by atoms with Crippen LogP contribution >= 0.6 is 0 Å². The number of ether oxygens (including phenoxy) is 1. The smallest absolute Gasteiger partial charge is 0.271 e. The number of aromatic amines is 1. The Balaban J connectivity index is 1.55. The predicted octanol–water partition coefficient (Wildman–Crippen LogP) is 4.50. The minimum absolute atomic E-state index is 0.0106. The first kappa shape index (κ1) is 18.3. The standard InChI is InChI=1S/C23H25N3O2/c1-28-22-13-6-5-12-19(22)20-15-21(25-24-20)23(27)26-14-8-7-11-18(16-26)17-9-3-2-4-10-17/h2-6,9-10,12-13,15,18H,7-8,11,14,16H2,1H3,(H,24,25). The van der Waals surface area contributed by atoms with Crippen LogP contribution in [0.5, 0.6) is 5.75 Å². The SMILES string of the molecule is COc1ccccc1-c1cc(C(=O)N2CCCCC(c3ccccc3)C2)[nH]n1. The quantitative estimate of drug-likeness (QED) is 0.731. The van der Waals surface area contributed by atoms with Crippen molar-refractivity contribution < 1.29 is 9.53 Å². The summed E-state index contributed by atoms with van der Waals surface area (Å²) in [7, 11) is 1.64. The molecule has 2 aromatic carbocycles. The minimum Gasteiger partial charge on any atom is -0.496 e. The Morgan fingerprint density at radius 2 is 1.89 bits per heavy atom. The Morgan fingerprint density at radius 1 is 1.11 bits per heavy atom.